The Morgan fingerprint density at radius 2 is 2.13 bits per heavy atom. The van der Waals surface area contributed by atoms with E-state index in [-0.39, 0.29) is 18.5 Å². The number of rotatable bonds is 6. The summed E-state index contributed by atoms with van der Waals surface area (Å²) in [6.45, 7) is 6.87. The Bertz CT molecular complexity index is 263. The zero-order valence-corrected chi connectivity index (χ0v) is 9.24. The van der Waals surface area contributed by atoms with Crippen LogP contribution >= 0.6 is 0 Å². The van der Waals surface area contributed by atoms with Gasteiger partial charge in [0.1, 0.15) is 6.54 Å². The van der Waals surface area contributed by atoms with Gasteiger partial charge in [-0.3, -0.25) is 9.69 Å². The van der Waals surface area contributed by atoms with Crippen LogP contribution in [0.5, 0.6) is 0 Å². The van der Waals surface area contributed by atoms with Crippen LogP contribution < -0.4 is 0 Å². The number of urea groups is 1. The normalized spacial score (nSPS) is 16.3. The first kappa shape index (κ1) is 11.8. The number of hydrogen-bond donors (Lipinski definition) is 0. The van der Waals surface area contributed by atoms with E-state index in [1.165, 1.54) is 9.80 Å². The van der Waals surface area contributed by atoms with Gasteiger partial charge in [-0.15, -0.1) is 6.58 Å². The van der Waals surface area contributed by atoms with Gasteiger partial charge in [-0.05, 0) is 6.42 Å². The summed E-state index contributed by atoms with van der Waals surface area (Å²) in [6.07, 6.45) is 4.68. The first-order valence-electron chi connectivity index (χ1n) is 5.40. The molecule has 1 rings (SSSR count). The largest absolute Gasteiger partial charge is 0.327 e. The molecular formula is C11H18N2O2. The summed E-state index contributed by atoms with van der Waals surface area (Å²) in [5, 5.41) is 0. The van der Waals surface area contributed by atoms with Crippen LogP contribution in [-0.4, -0.2) is 41.4 Å². The molecule has 0 aliphatic carbocycles. The summed E-state index contributed by atoms with van der Waals surface area (Å²) in [6, 6.07) is -0.170. The second-order valence-electron chi connectivity index (χ2n) is 3.70. The molecule has 0 aromatic heterocycles. The fourth-order valence-corrected chi connectivity index (χ4v) is 1.63. The maximum Gasteiger partial charge on any atom is 0.327 e. The summed E-state index contributed by atoms with van der Waals surface area (Å²) in [7, 11) is 0. The molecule has 84 valence electrons. The van der Waals surface area contributed by atoms with Gasteiger partial charge in [0.05, 0.1) is 0 Å². The van der Waals surface area contributed by atoms with Crippen LogP contribution in [0.25, 0.3) is 0 Å². The van der Waals surface area contributed by atoms with Crippen molar-refractivity contribution in [1.82, 2.24) is 9.80 Å². The molecule has 0 bridgehead atoms. The summed E-state index contributed by atoms with van der Waals surface area (Å²) >= 11 is 0. The molecule has 0 atom stereocenters. The van der Waals surface area contributed by atoms with Crippen LogP contribution in [0.1, 0.15) is 26.2 Å². The first-order chi connectivity index (χ1) is 7.20. The van der Waals surface area contributed by atoms with Crippen LogP contribution in [0.15, 0.2) is 12.7 Å². The van der Waals surface area contributed by atoms with Crippen molar-refractivity contribution < 1.29 is 9.59 Å². The molecule has 0 aromatic carbocycles. The Hall–Kier alpha value is -1.32. The molecule has 1 fully saturated rings. The summed E-state index contributed by atoms with van der Waals surface area (Å²) in [5.74, 6) is -0.0852. The first-order valence-corrected chi connectivity index (χ1v) is 5.40. The minimum atomic E-state index is -0.170. The quantitative estimate of drug-likeness (QED) is 0.380. The summed E-state index contributed by atoms with van der Waals surface area (Å²) < 4.78 is 0. The molecule has 0 N–H and O–H groups in total. The Morgan fingerprint density at radius 3 is 2.73 bits per heavy atom. The monoisotopic (exact) mass is 210 g/mol. The molecule has 0 spiro atoms. The van der Waals surface area contributed by atoms with Gasteiger partial charge in [0.15, 0.2) is 0 Å². The SMILES string of the molecule is C=CCN1CC(=O)N(CCCCC)C1=O. The average molecular weight is 210 g/mol. The van der Waals surface area contributed by atoms with Crippen molar-refractivity contribution in [3.63, 3.8) is 0 Å². The van der Waals surface area contributed by atoms with Crippen LogP contribution in [0, 0.1) is 0 Å². The van der Waals surface area contributed by atoms with Crippen LogP contribution in [-0.2, 0) is 4.79 Å². The van der Waals surface area contributed by atoms with E-state index in [0.717, 1.165) is 19.3 Å². The van der Waals surface area contributed by atoms with Gasteiger partial charge in [0.2, 0.25) is 5.91 Å². The molecule has 1 heterocycles. The second kappa shape index (κ2) is 5.53. The standard InChI is InChI=1S/C11H18N2O2/c1-3-5-6-8-13-10(14)9-12(7-4-2)11(13)15/h4H,2-3,5-9H2,1H3. The van der Waals surface area contributed by atoms with Crippen LogP contribution in [0.3, 0.4) is 0 Å². The van der Waals surface area contributed by atoms with Gasteiger partial charge in [0, 0.05) is 13.1 Å². The lowest BCUT2D eigenvalue weighted by Crippen LogP contribution is -2.33. The maximum absolute atomic E-state index is 11.7. The smallest absolute Gasteiger partial charge is 0.311 e. The lowest BCUT2D eigenvalue weighted by molar-refractivity contribution is -0.125. The summed E-state index contributed by atoms with van der Waals surface area (Å²) in [4.78, 5) is 26.0. The highest BCUT2D eigenvalue weighted by Gasteiger charge is 2.34. The lowest BCUT2D eigenvalue weighted by Gasteiger charge is -2.15. The molecular weight excluding hydrogens is 192 g/mol. The van der Waals surface area contributed by atoms with Crippen LogP contribution in [0.4, 0.5) is 4.79 Å². The van der Waals surface area contributed by atoms with Crippen molar-refractivity contribution >= 4 is 11.9 Å². The molecule has 1 aliphatic heterocycles. The van der Waals surface area contributed by atoms with Gasteiger partial charge in [-0.1, -0.05) is 25.8 Å². The Labute approximate surface area is 90.5 Å². The molecule has 4 heteroatoms. The van der Waals surface area contributed by atoms with Gasteiger partial charge >= 0.3 is 6.03 Å². The number of carbonyl (C=O) groups excluding carboxylic acids is 2. The lowest BCUT2D eigenvalue weighted by atomic mass is 10.2. The molecule has 0 radical (unpaired) electrons. The van der Waals surface area contributed by atoms with Crippen molar-refractivity contribution in [2.24, 2.45) is 0 Å². The molecule has 0 aromatic rings. The maximum atomic E-state index is 11.7. The van der Waals surface area contributed by atoms with E-state index in [1.54, 1.807) is 6.08 Å². The van der Waals surface area contributed by atoms with Crippen LogP contribution in [0.2, 0.25) is 0 Å². The predicted molar refractivity (Wildman–Crippen MR) is 58.4 cm³/mol. The minimum Gasteiger partial charge on any atom is -0.311 e. The van der Waals surface area contributed by atoms with E-state index in [4.69, 9.17) is 0 Å². The van der Waals surface area contributed by atoms with Gasteiger partial charge in [0.25, 0.3) is 0 Å². The number of nitrogens with zero attached hydrogens (tertiary/aromatic N) is 2. The van der Waals surface area contributed by atoms with E-state index in [2.05, 4.69) is 13.5 Å². The Morgan fingerprint density at radius 1 is 1.40 bits per heavy atom. The van der Waals surface area contributed by atoms with Crippen molar-refractivity contribution in [2.45, 2.75) is 26.2 Å². The van der Waals surface area contributed by atoms with Crippen molar-refractivity contribution in [3.8, 4) is 0 Å². The number of hydrogen-bond acceptors (Lipinski definition) is 2. The molecule has 3 amide bonds. The molecule has 0 saturated carbocycles. The van der Waals surface area contributed by atoms with E-state index >= 15 is 0 Å². The third-order valence-corrected chi connectivity index (χ3v) is 2.46. The van der Waals surface area contributed by atoms with E-state index in [9.17, 15) is 9.59 Å². The van der Waals surface area contributed by atoms with E-state index in [0.29, 0.717) is 13.1 Å². The highest BCUT2D eigenvalue weighted by molar-refractivity contribution is 6.02. The van der Waals surface area contributed by atoms with E-state index < -0.39 is 0 Å². The molecule has 15 heavy (non-hydrogen) atoms. The number of amides is 3. The van der Waals surface area contributed by atoms with Crippen molar-refractivity contribution in [3.05, 3.63) is 12.7 Å². The predicted octanol–water partition coefficient (Wildman–Crippen LogP) is 1.63. The summed E-state index contributed by atoms with van der Waals surface area (Å²) in [5.41, 5.74) is 0. The zero-order valence-electron chi connectivity index (χ0n) is 9.24. The van der Waals surface area contributed by atoms with Crippen molar-refractivity contribution in [1.29, 1.82) is 0 Å². The fraction of sp³-hybridized carbons (Fsp3) is 0.636. The highest BCUT2D eigenvalue weighted by Crippen LogP contribution is 2.11. The third-order valence-electron chi connectivity index (χ3n) is 2.46. The molecule has 4 nitrogen and oxygen atoms in total. The number of carbonyl (C=O) groups is 2. The fourth-order valence-electron chi connectivity index (χ4n) is 1.63. The average Bonchev–Trinajstić information content (AvgIpc) is 2.46. The number of unbranched alkanes of at least 4 members (excludes halogenated alkanes) is 2. The third kappa shape index (κ3) is 2.81. The highest BCUT2D eigenvalue weighted by atomic mass is 16.2. The Balaban J connectivity index is 2.47. The van der Waals surface area contributed by atoms with Crippen molar-refractivity contribution in [2.75, 3.05) is 19.6 Å². The second-order valence-corrected chi connectivity index (χ2v) is 3.70. The van der Waals surface area contributed by atoms with Gasteiger partial charge < -0.3 is 4.90 Å². The number of imide groups is 1. The molecule has 1 saturated heterocycles. The zero-order chi connectivity index (χ0) is 11.3. The van der Waals surface area contributed by atoms with Gasteiger partial charge in [-0.25, -0.2) is 4.79 Å². The topological polar surface area (TPSA) is 40.6 Å². The van der Waals surface area contributed by atoms with E-state index in [1.807, 2.05) is 0 Å². The minimum absolute atomic E-state index is 0.0852. The molecule has 1 aliphatic rings. The molecule has 0 unspecified atom stereocenters. The van der Waals surface area contributed by atoms with Gasteiger partial charge in [-0.2, -0.15) is 0 Å². The Kier molecular flexibility index (Phi) is 4.34.